The molecule has 0 bridgehead atoms. The van der Waals surface area contributed by atoms with Gasteiger partial charge in [0.15, 0.2) is 11.5 Å². The van der Waals surface area contributed by atoms with E-state index in [1.165, 1.54) is 43.5 Å². The predicted molar refractivity (Wildman–Crippen MR) is 150 cm³/mol. The van der Waals surface area contributed by atoms with Crippen LogP contribution >= 0.6 is 0 Å². The van der Waals surface area contributed by atoms with Gasteiger partial charge in [0, 0.05) is 42.1 Å². The number of aromatic nitrogens is 2. The molecule has 1 amide bonds. The number of rotatable bonds is 8. The van der Waals surface area contributed by atoms with Crippen LogP contribution in [0.4, 0.5) is 10.1 Å². The standard InChI is InChI=1S/C30H34FN5O4/c31-23-6-7-24-26(14-23)33-34-30(24)19-9-11-36(12-10-19)17-22-4-2-1-3-21(22)16-32-29(37)8-5-20-13-27-28(40-18-39-27)15-25(20)35-38/h5-8,13-15,19,21-22H,1-4,9-12,16-18H2,(H,32,37)(H,33,34)/b8-5+/t21-,22-/m0/s1. The van der Waals surface area contributed by atoms with E-state index in [2.05, 4.69) is 25.6 Å². The fraction of sp³-hybridized carbons (Fsp3) is 0.467. The van der Waals surface area contributed by atoms with Gasteiger partial charge in [-0.05, 0) is 86.1 Å². The fourth-order valence-corrected chi connectivity index (χ4v) is 6.45. The van der Waals surface area contributed by atoms with Crippen molar-refractivity contribution in [3.8, 4) is 11.5 Å². The Morgan fingerprint density at radius 2 is 1.88 bits per heavy atom. The van der Waals surface area contributed by atoms with Crippen LogP contribution in [0, 0.1) is 22.6 Å². The van der Waals surface area contributed by atoms with Crippen LogP contribution < -0.4 is 14.8 Å². The highest BCUT2D eigenvalue weighted by molar-refractivity contribution is 5.92. The van der Waals surface area contributed by atoms with E-state index in [1.54, 1.807) is 12.1 Å². The van der Waals surface area contributed by atoms with Crippen molar-refractivity contribution in [1.29, 1.82) is 0 Å². The number of amides is 1. The Balaban J connectivity index is 1.01. The van der Waals surface area contributed by atoms with Gasteiger partial charge in [0.2, 0.25) is 12.7 Å². The van der Waals surface area contributed by atoms with E-state index in [1.807, 2.05) is 6.07 Å². The van der Waals surface area contributed by atoms with E-state index in [9.17, 15) is 14.1 Å². The van der Waals surface area contributed by atoms with Crippen molar-refractivity contribution in [3.05, 3.63) is 58.4 Å². The number of piperidine rings is 1. The van der Waals surface area contributed by atoms with E-state index in [-0.39, 0.29) is 24.2 Å². The van der Waals surface area contributed by atoms with Crippen molar-refractivity contribution in [2.75, 3.05) is 33.0 Å². The molecule has 40 heavy (non-hydrogen) atoms. The topological polar surface area (TPSA) is 109 Å². The summed E-state index contributed by atoms with van der Waals surface area (Å²) in [6.07, 6.45) is 9.82. The molecule has 10 heteroatoms. The van der Waals surface area contributed by atoms with Crippen molar-refractivity contribution in [2.24, 2.45) is 17.0 Å². The number of carbonyl (C=O) groups is 1. The first-order valence-electron chi connectivity index (χ1n) is 14.2. The fourth-order valence-electron chi connectivity index (χ4n) is 6.45. The number of nitrogens with one attached hydrogen (secondary N) is 2. The van der Waals surface area contributed by atoms with Crippen molar-refractivity contribution in [1.82, 2.24) is 20.4 Å². The lowest BCUT2D eigenvalue weighted by Crippen LogP contribution is -2.42. The maximum absolute atomic E-state index is 13.6. The molecule has 3 aliphatic rings. The molecule has 1 saturated heterocycles. The van der Waals surface area contributed by atoms with E-state index < -0.39 is 0 Å². The van der Waals surface area contributed by atoms with E-state index in [0.29, 0.717) is 41.4 Å². The third kappa shape index (κ3) is 5.72. The molecule has 0 spiro atoms. The molecule has 210 valence electrons. The normalized spacial score (nSPS) is 21.7. The van der Waals surface area contributed by atoms with Crippen LogP contribution in [0.5, 0.6) is 11.5 Å². The molecular weight excluding hydrogens is 513 g/mol. The molecule has 0 radical (unpaired) electrons. The summed E-state index contributed by atoms with van der Waals surface area (Å²) in [5.41, 5.74) is 2.54. The second-order valence-corrected chi connectivity index (χ2v) is 11.1. The molecule has 0 unspecified atom stereocenters. The highest BCUT2D eigenvalue weighted by Crippen LogP contribution is 2.39. The number of likely N-dealkylation sites (tertiary alicyclic amines) is 1. The summed E-state index contributed by atoms with van der Waals surface area (Å²) < 4.78 is 24.2. The van der Waals surface area contributed by atoms with E-state index >= 15 is 0 Å². The van der Waals surface area contributed by atoms with Gasteiger partial charge in [-0.3, -0.25) is 9.89 Å². The molecule has 3 heterocycles. The quantitative estimate of drug-likeness (QED) is 0.279. The van der Waals surface area contributed by atoms with Crippen LogP contribution in [0.2, 0.25) is 0 Å². The van der Waals surface area contributed by atoms with Gasteiger partial charge in [0.1, 0.15) is 11.5 Å². The highest BCUT2D eigenvalue weighted by Gasteiger charge is 2.30. The lowest BCUT2D eigenvalue weighted by Gasteiger charge is -2.38. The zero-order chi connectivity index (χ0) is 27.5. The average molecular weight is 548 g/mol. The number of nitroso groups, excluding NO2 is 1. The first kappa shape index (κ1) is 26.4. The van der Waals surface area contributed by atoms with Crippen LogP contribution in [0.3, 0.4) is 0 Å². The van der Waals surface area contributed by atoms with Crippen LogP contribution in [0.25, 0.3) is 17.0 Å². The number of halogens is 1. The molecule has 1 aliphatic carbocycles. The lowest BCUT2D eigenvalue weighted by atomic mass is 9.78. The Morgan fingerprint density at radius 1 is 1.10 bits per heavy atom. The third-order valence-corrected chi connectivity index (χ3v) is 8.66. The molecule has 2 aromatic carbocycles. The summed E-state index contributed by atoms with van der Waals surface area (Å²) in [7, 11) is 0. The van der Waals surface area contributed by atoms with E-state index in [0.717, 1.165) is 55.5 Å². The van der Waals surface area contributed by atoms with Crippen LogP contribution in [-0.2, 0) is 4.79 Å². The number of nitrogens with zero attached hydrogens (tertiary/aromatic N) is 3. The average Bonchev–Trinajstić information content (AvgIpc) is 3.61. The van der Waals surface area contributed by atoms with Gasteiger partial charge >= 0.3 is 0 Å². The number of hydrogen-bond donors (Lipinski definition) is 2. The summed E-state index contributed by atoms with van der Waals surface area (Å²) in [6.45, 7) is 3.81. The number of hydrogen-bond acceptors (Lipinski definition) is 7. The smallest absolute Gasteiger partial charge is 0.244 e. The largest absolute Gasteiger partial charge is 0.454 e. The van der Waals surface area contributed by atoms with Gasteiger partial charge < -0.3 is 19.7 Å². The number of aromatic amines is 1. The lowest BCUT2D eigenvalue weighted by molar-refractivity contribution is -0.116. The summed E-state index contributed by atoms with van der Waals surface area (Å²) in [5.74, 6) is 1.94. The second-order valence-electron chi connectivity index (χ2n) is 11.1. The zero-order valence-corrected chi connectivity index (χ0v) is 22.4. The molecule has 2 atom stereocenters. The maximum Gasteiger partial charge on any atom is 0.244 e. The molecule has 2 N–H and O–H groups in total. The summed E-state index contributed by atoms with van der Waals surface area (Å²) >= 11 is 0. The Bertz CT molecular complexity index is 1410. The Morgan fingerprint density at radius 3 is 2.67 bits per heavy atom. The number of carbonyl (C=O) groups excluding carboxylic acids is 1. The second kappa shape index (κ2) is 11.8. The van der Waals surface area contributed by atoms with Gasteiger partial charge in [-0.1, -0.05) is 12.8 Å². The van der Waals surface area contributed by atoms with Gasteiger partial charge in [0.25, 0.3) is 0 Å². The number of H-pyrrole nitrogens is 1. The maximum atomic E-state index is 13.6. The minimum atomic E-state index is -0.249. The van der Waals surface area contributed by atoms with Gasteiger partial charge in [0.05, 0.1) is 11.2 Å². The van der Waals surface area contributed by atoms with Crippen molar-refractivity contribution in [3.63, 3.8) is 0 Å². The first-order valence-corrected chi connectivity index (χ1v) is 14.2. The predicted octanol–water partition coefficient (Wildman–Crippen LogP) is 5.64. The molecule has 2 aliphatic heterocycles. The Kier molecular flexibility index (Phi) is 7.77. The minimum Gasteiger partial charge on any atom is -0.454 e. The Hall–Kier alpha value is -3.79. The first-order chi connectivity index (χ1) is 19.6. The molecule has 1 aromatic heterocycles. The van der Waals surface area contributed by atoms with Crippen LogP contribution in [0.1, 0.15) is 55.7 Å². The van der Waals surface area contributed by atoms with Gasteiger partial charge in [-0.2, -0.15) is 5.10 Å². The van der Waals surface area contributed by atoms with E-state index in [4.69, 9.17) is 9.47 Å². The molecule has 3 aromatic rings. The van der Waals surface area contributed by atoms with Crippen molar-refractivity contribution in [2.45, 2.75) is 44.4 Å². The molecule has 1 saturated carbocycles. The van der Waals surface area contributed by atoms with Crippen molar-refractivity contribution >= 4 is 28.6 Å². The molecule has 9 nitrogen and oxygen atoms in total. The minimum absolute atomic E-state index is 0.103. The van der Waals surface area contributed by atoms with Crippen molar-refractivity contribution < 1.29 is 18.7 Å². The summed E-state index contributed by atoms with van der Waals surface area (Å²) in [4.78, 5) is 26.4. The third-order valence-electron chi connectivity index (χ3n) is 8.66. The van der Waals surface area contributed by atoms with Gasteiger partial charge in [-0.25, -0.2) is 4.39 Å². The van der Waals surface area contributed by atoms with Crippen LogP contribution in [-0.4, -0.2) is 54.0 Å². The molecule has 2 fully saturated rings. The highest BCUT2D eigenvalue weighted by atomic mass is 19.1. The SMILES string of the molecule is O=Nc1cc2c(cc1/C=C/C(=O)NC[C@@H]1CCCC[C@H]1CN1CCC(c3n[nH]c4cc(F)ccc34)CC1)OCO2. The zero-order valence-electron chi connectivity index (χ0n) is 22.4. The Labute approximate surface area is 232 Å². The van der Waals surface area contributed by atoms with Crippen LogP contribution in [0.15, 0.2) is 41.6 Å². The number of benzene rings is 2. The monoisotopic (exact) mass is 547 g/mol. The number of ether oxygens (including phenoxy) is 2. The summed E-state index contributed by atoms with van der Waals surface area (Å²) in [6, 6.07) is 8.04. The summed E-state index contributed by atoms with van der Waals surface area (Å²) in [5, 5.41) is 14.7. The number of fused-ring (bicyclic) bond motifs is 2. The molecular formula is C30H34FN5O4. The van der Waals surface area contributed by atoms with Gasteiger partial charge in [-0.15, -0.1) is 4.91 Å². The molecule has 6 rings (SSSR count).